The zero-order valence-electron chi connectivity index (χ0n) is 16.8. The van der Waals surface area contributed by atoms with E-state index in [1.165, 1.54) is 18.2 Å². The van der Waals surface area contributed by atoms with Gasteiger partial charge in [-0.25, -0.2) is 13.9 Å². The van der Waals surface area contributed by atoms with Crippen molar-refractivity contribution < 1.29 is 13.9 Å². The average molecular weight is 407 g/mol. The molecule has 2 heterocycles. The van der Waals surface area contributed by atoms with Gasteiger partial charge in [0.05, 0.1) is 12.7 Å². The molecule has 0 aliphatic carbocycles. The molecule has 1 N–H and O–H groups in total. The molecule has 0 bridgehead atoms. The first kappa shape index (κ1) is 20.0. The van der Waals surface area contributed by atoms with Gasteiger partial charge < -0.3 is 9.52 Å². The van der Waals surface area contributed by atoms with E-state index in [9.17, 15) is 14.3 Å². The van der Waals surface area contributed by atoms with Crippen LogP contribution < -0.4 is 5.63 Å². The summed E-state index contributed by atoms with van der Waals surface area (Å²) in [7, 11) is 0. The lowest BCUT2D eigenvalue weighted by atomic mass is 9.94. The smallest absolute Gasteiger partial charge is 0.336 e. The topological polar surface area (TPSA) is 81.2 Å². The molecule has 4 rings (SSSR count). The summed E-state index contributed by atoms with van der Waals surface area (Å²) >= 11 is 0. The first-order valence-corrected chi connectivity index (χ1v) is 9.87. The minimum atomic E-state index is -0.988. The first-order valence-electron chi connectivity index (χ1n) is 9.87. The van der Waals surface area contributed by atoms with Gasteiger partial charge in [0.25, 0.3) is 0 Å². The van der Waals surface area contributed by atoms with E-state index in [1.54, 1.807) is 29.1 Å². The highest BCUT2D eigenvalue weighted by Gasteiger charge is 2.28. The summed E-state index contributed by atoms with van der Waals surface area (Å²) in [4.78, 5) is 12.1. The number of aliphatic hydroxyl groups is 1. The van der Waals surface area contributed by atoms with E-state index in [-0.39, 0.29) is 5.82 Å². The Kier molecular flexibility index (Phi) is 5.22. The second-order valence-corrected chi connectivity index (χ2v) is 7.36. The van der Waals surface area contributed by atoms with Gasteiger partial charge in [0.15, 0.2) is 0 Å². The predicted octanol–water partition coefficient (Wildman–Crippen LogP) is 4.25. The molecule has 0 aliphatic rings. The maximum Gasteiger partial charge on any atom is 0.336 e. The Morgan fingerprint density at radius 2 is 1.83 bits per heavy atom. The monoisotopic (exact) mass is 407 g/mol. The van der Waals surface area contributed by atoms with Crippen LogP contribution in [0.5, 0.6) is 0 Å². The zero-order chi connectivity index (χ0) is 21.3. The largest absolute Gasteiger partial charge is 0.423 e. The van der Waals surface area contributed by atoms with Crippen LogP contribution in [0.15, 0.2) is 63.9 Å². The number of halogens is 1. The summed E-state index contributed by atoms with van der Waals surface area (Å²) in [5.41, 5.74) is 1.82. The summed E-state index contributed by atoms with van der Waals surface area (Å²) < 4.78 is 20.3. The Morgan fingerprint density at radius 1 is 1.10 bits per heavy atom. The molecular weight excluding hydrogens is 385 g/mol. The number of aromatic nitrogens is 3. The zero-order valence-corrected chi connectivity index (χ0v) is 16.8. The fourth-order valence-electron chi connectivity index (χ4n) is 3.56. The molecule has 2 aromatic carbocycles. The lowest BCUT2D eigenvalue weighted by molar-refractivity contribution is 0.0239. The van der Waals surface area contributed by atoms with Crippen molar-refractivity contribution in [2.45, 2.75) is 38.8 Å². The lowest BCUT2D eigenvalue weighted by Crippen LogP contribution is -2.23. The number of benzene rings is 2. The van der Waals surface area contributed by atoms with Crippen molar-refractivity contribution in [3.63, 3.8) is 0 Å². The van der Waals surface area contributed by atoms with Crippen molar-refractivity contribution in [3.05, 3.63) is 82.2 Å². The third kappa shape index (κ3) is 3.76. The van der Waals surface area contributed by atoms with Crippen LogP contribution in [0.25, 0.3) is 22.1 Å². The molecule has 4 aromatic rings. The minimum Gasteiger partial charge on any atom is -0.423 e. The number of rotatable bonds is 6. The van der Waals surface area contributed by atoms with Crippen molar-refractivity contribution in [2.24, 2.45) is 0 Å². The Morgan fingerprint density at radius 3 is 2.53 bits per heavy atom. The Labute approximate surface area is 172 Å². The highest BCUT2D eigenvalue weighted by atomic mass is 19.1. The SMILES string of the molecule is CCC(O)(CC)c1cn(Cc2ccc3c(-c4ccc(F)cc4)cc(=O)oc3c2)nn1. The molecule has 30 heavy (non-hydrogen) atoms. The quantitative estimate of drug-likeness (QED) is 0.484. The molecule has 2 aromatic heterocycles. The third-order valence-electron chi connectivity index (χ3n) is 5.49. The van der Waals surface area contributed by atoms with E-state index in [4.69, 9.17) is 4.42 Å². The lowest BCUT2D eigenvalue weighted by Gasteiger charge is -2.21. The van der Waals surface area contributed by atoms with Crippen LogP contribution in [0.4, 0.5) is 4.39 Å². The second kappa shape index (κ2) is 7.84. The molecule has 6 nitrogen and oxygen atoms in total. The van der Waals surface area contributed by atoms with E-state index in [1.807, 2.05) is 26.0 Å². The molecule has 0 unspecified atom stereocenters. The van der Waals surface area contributed by atoms with E-state index in [0.29, 0.717) is 36.2 Å². The van der Waals surface area contributed by atoms with Crippen molar-refractivity contribution >= 4 is 11.0 Å². The predicted molar refractivity (Wildman–Crippen MR) is 111 cm³/mol. The third-order valence-corrected chi connectivity index (χ3v) is 5.49. The highest BCUT2D eigenvalue weighted by Crippen LogP contribution is 2.29. The Hall–Kier alpha value is -3.32. The van der Waals surface area contributed by atoms with Crippen molar-refractivity contribution in [1.82, 2.24) is 15.0 Å². The van der Waals surface area contributed by atoms with Gasteiger partial charge in [-0.05, 0) is 47.7 Å². The van der Waals surface area contributed by atoms with Crippen LogP contribution >= 0.6 is 0 Å². The van der Waals surface area contributed by atoms with Gasteiger partial charge in [-0.15, -0.1) is 5.10 Å². The fraction of sp³-hybridized carbons (Fsp3) is 0.261. The Bertz CT molecular complexity index is 1240. The van der Waals surface area contributed by atoms with Crippen molar-refractivity contribution in [1.29, 1.82) is 0 Å². The molecule has 0 aliphatic heterocycles. The van der Waals surface area contributed by atoms with Crippen LogP contribution in [-0.4, -0.2) is 20.1 Å². The first-order chi connectivity index (χ1) is 14.4. The molecule has 0 spiro atoms. The number of fused-ring (bicyclic) bond motifs is 1. The molecule has 154 valence electrons. The van der Waals surface area contributed by atoms with Gasteiger partial charge in [-0.1, -0.05) is 43.3 Å². The number of hydrogen-bond donors (Lipinski definition) is 1. The van der Waals surface area contributed by atoms with Gasteiger partial charge in [0, 0.05) is 11.5 Å². The van der Waals surface area contributed by atoms with Gasteiger partial charge in [0.2, 0.25) is 0 Å². The van der Waals surface area contributed by atoms with Gasteiger partial charge in [0.1, 0.15) is 22.7 Å². The van der Waals surface area contributed by atoms with E-state index >= 15 is 0 Å². The second-order valence-electron chi connectivity index (χ2n) is 7.36. The summed E-state index contributed by atoms with van der Waals surface area (Å²) in [6.07, 6.45) is 2.84. The van der Waals surface area contributed by atoms with Gasteiger partial charge in [-0.3, -0.25) is 0 Å². The maximum absolute atomic E-state index is 13.3. The molecule has 7 heteroatoms. The summed E-state index contributed by atoms with van der Waals surface area (Å²) in [6.45, 7) is 4.23. The van der Waals surface area contributed by atoms with Gasteiger partial charge in [-0.2, -0.15) is 0 Å². The number of nitrogens with zero attached hydrogens (tertiary/aromatic N) is 3. The molecule has 0 saturated carbocycles. The van der Waals surface area contributed by atoms with E-state index in [2.05, 4.69) is 10.3 Å². The molecule has 0 fully saturated rings. The van der Waals surface area contributed by atoms with Crippen LogP contribution in [0.3, 0.4) is 0 Å². The number of hydrogen-bond acceptors (Lipinski definition) is 5. The van der Waals surface area contributed by atoms with Crippen LogP contribution in [-0.2, 0) is 12.1 Å². The van der Waals surface area contributed by atoms with Crippen LogP contribution in [0, 0.1) is 5.82 Å². The highest BCUT2D eigenvalue weighted by molar-refractivity contribution is 5.93. The summed E-state index contributed by atoms with van der Waals surface area (Å²) in [5.74, 6) is -0.335. The van der Waals surface area contributed by atoms with Crippen molar-refractivity contribution in [3.8, 4) is 11.1 Å². The molecule has 0 atom stereocenters. The molecular formula is C23H22FN3O3. The maximum atomic E-state index is 13.3. The van der Waals surface area contributed by atoms with Crippen molar-refractivity contribution in [2.75, 3.05) is 0 Å². The minimum absolute atomic E-state index is 0.335. The van der Waals surface area contributed by atoms with E-state index in [0.717, 1.165) is 16.5 Å². The molecule has 0 saturated heterocycles. The van der Waals surface area contributed by atoms with Gasteiger partial charge >= 0.3 is 5.63 Å². The summed E-state index contributed by atoms with van der Waals surface area (Å²) in [5, 5.41) is 19.6. The normalized spacial score (nSPS) is 11.9. The standard InChI is InChI=1S/C23H22FN3O3/c1-3-23(29,4-2)21-14-27(26-25-21)13-15-5-10-18-19(12-22(28)30-20(18)11-15)16-6-8-17(24)9-7-16/h5-12,14,29H,3-4,13H2,1-2H3. The van der Waals surface area contributed by atoms with Crippen LogP contribution in [0.1, 0.15) is 37.9 Å². The average Bonchev–Trinajstić information content (AvgIpc) is 3.22. The summed E-state index contributed by atoms with van der Waals surface area (Å²) in [6, 6.07) is 13.0. The molecule has 0 amide bonds. The van der Waals surface area contributed by atoms with E-state index < -0.39 is 11.2 Å². The Balaban J connectivity index is 1.69. The molecule has 0 radical (unpaired) electrons. The van der Waals surface area contributed by atoms with Crippen LogP contribution in [0.2, 0.25) is 0 Å². The fourth-order valence-corrected chi connectivity index (χ4v) is 3.56.